The number of hydrogen-bond acceptors (Lipinski definition) is 3. The van der Waals surface area contributed by atoms with Crippen LogP contribution in [0.5, 0.6) is 0 Å². The summed E-state index contributed by atoms with van der Waals surface area (Å²) >= 11 is 0. The van der Waals surface area contributed by atoms with E-state index in [1.165, 1.54) is 30.3 Å². The fourth-order valence-corrected chi connectivity index (χ4v) is 2.48. The topological polar surface area (TPSA) is 53.5 Å². The van der Waals surface area contributed by atoms with Gasteiger partial charge in [0.25, 0.3) is 5.91 Å². The maximum Gasteiger partial charge on any atom is 0.250 e. The molecule has 2 heterocycles. The molecule has 2 amide bonds. The van der Waals surface area contributed by atoms with Gasteiger partial charge in [0.1, 0.15) is 6.04 Å². The van der Waals surface area contributed by atoms with Crippen LogP contribution in [0.15, 0.2) is 18.3 Å². The molecule has 6 heteroatoms. The third kappa shape index (κ3) is 2.64. The Morgan fingerprint density at radius 1 is 1.60 bits per heavy atom. The van der Waals surface area contributed by atoms with Crippen LogP contribution in [-0.4, -0.2) is 41.3 Å². The molecule has 1 aromatic heterocycles. The van der Waals surface area contributed by atoms with Crippen molar-refractivity contribution in [3.05, 3.63) is 24.1 Å². The zero-order valence-electron chi connectivity index (χ0n) is 11.7. The van der Waals surface area contributed by atoms with Gasteiger partial charge in [0.05, 0.1) is 0 Å². The maximum absolute atomic E-state index is 13.7. The highest BCUT2D eigenvalue weighted by molar-refractivity contribution is 5.98. The van der Waals surface area contributed by atoms with Gasteiger partial charge in [-0.05, 0) is 25.0 Å². The highest BCUT2D eigenvalue weighted by Crippen LogP contribution is 2.20. The molecule has 20 heavy (non-hydrogen) atoms. The lowest BCUT2D eigenvalue weighted by Gasteiger charge is -2.29. The lowest BCUT2D eigenvalue weighted by atomic mass is 10.1. The quantitative estimate of drug-likeness (QED) is 0.841. The molecule has 0 radical (unpaired) electrons. The smallest absolute Gasteiger partial charge is 0.250 e. The fraction of sp³-hybridized carbons (Fsp3) is 0.500. The number of anilines is 1. The summed E-state index contributed by atoms with van der Waals surface area (Å²) in [6.45, 7) is 2.43. The number of aromatic nitrogens is 1. The highest BCUT2D eigenvalue weighted by atomic mass is 19.1. The van der Waals surface area contributed by atoms with E-state index in [-0.39, 0.29) is 17.6 Å². The minimum atomic E-state index is -0.550. The van der Waals surface area contributed by atoms with E-state index in [4.69, 9.17) is 0 Å². The number of halogens is 1. The van der Waals surface area contributed by atoms with Gasteiger partial charge in [-0.3, -0.25) is 14.5 Å². The number of hydrogen-bond donors (Lipinski definition) is 0. The molecule has 2 rings (SSSR count). The Kier molecular flexibility index (Phi) is 4.32. The summed E-state index contributed by atoms with van der Waals surface area (Å²) in [5, 5.41) is 0. The van der Waals surface area contributed by atoms with Crippen LogP contribution in [0, 0.1) is 5.82 Å². The molecular weight excluding hydrogens is 261 g/mol. The Morgan fingerprint density at radius 2 is 2.35 bits per heavy atom. The van der Waals surface area contributed by atoms with Crippen molar-refractivity contribution in [2.45, 2.75) is 32.2 Å². The summed E-state index contributed by atoms with van der Waals surface area (Å²) in [5.41, 5.74) is 0. The van der Waals surface area contributed by atoms with E-state index in [1.807, 2.05) is 6.92 Å². The second-order valence-electron chi connectivity index (χ2n) is 4.82. The monoisotopic (exact) mass is 279 g/mol. The van der Waals surface area contributed by atoms with Crippen LogP contribution >= 0.6 is 0 Å². The first-order chi connectivity index (χ1) is 9.56. The second kappa shape index (κ2) is 5.98. The summed E-state index contributed by atoms with van der Waals surface area (Å²) in [4.78, 5) is 30.9. The highest BCUT2D eigenvalue weighted by Gasteiger charge is 2.34. The summed E-state index contributed by atoms with van der Waals surface area (Å²) < 4.78 is 13.7. The Labute approximate surface area is 117 Å². The van der Waals surface area contributed by atoms with Crippen molar-refractivity contribution >= 4 is 17.6 Å². The van der Waals surface area contributed by atoms with Crippen LogP contribution < -0.4 is 4.90 Å². The summed E-state index contributed by atoms with van der Waals surface area (Å²) in [6.07, 6.45) is 3.18. The van der Waals surface area contributed by atoms with Gasteiger partial charge < -0.3 is 4.90 Å². The lowest BCUT2D eigenvalue weighted by molar-refractivity contribution is -0.136. The normalized spacial score (nSPS) is 16.4. The van der Waals surface area contributed by atoms with E-state index in [9.17, 15) is 14.0 Å². The molecule has 1 aliphatic rings. The molecule has 108 valence electrons. The molecule has 0 spiro atoms. The summed E-state index contributed by atoms with van der Waals surface area (Å²) in [5.74, 6) is -0.881. The van der Waals surface area contributed by atoms with E-state index in [0.29, 0.717) is 19.4 Å². The Balaban J connectivity index is 2.20. The van der Waals surface area contributed by atoms with E-state index in [1.54, 1.807) is 4.90 Å². The average molecular weight is 279 g/mol. The number of likely N-dealkylation sites (tertiary alicyclic amines) is 1. The minimum absolute atomic E-state index is 0.0115. The van der Waals surface area contributed by atoms with Crippen LogP contribution in [0.1, 0.15) is 26.2 Å². The van der Waals surface area contributed by atoms with Gasteiger partial charge in [-0.25, -0.2) is 9.37 Å². The van der Waals surface area contributed by atoms with E-state index in [0.717, 1.165) is 6.42 Å². The Morgan fingerprint density at radius 3 is 2.90 bits per heavy atom. The summed E-state index contributed by atoms with van der Waals surface area (Å²) in [7, 11) is 1.48. The average Bonchev–Trinajstić information content (AvgIpc) is 2.86. The van der Waals surface area contributed by atoms with Gasteiger partial charge in [0, 0.05) is 26.2 Å². The maximum atomic E-state index is 13.7. The number of amides is 2. The first kappa shape index (κ1) is 14.4. The first-order valence-electron chi connectivity index (χ1n) is 6.73. The number of nitrogens with zero attached hydrogens (tertiary/aromatic N) is 3. The zero-order chi connectivity index (χ0) is 14.7. The van der Waals surface area contributed by atoms with E-state index in [2.05, 4.69) is 4.98 Å². The fourth-order valence-electron chi connectivity index (χ4n) is 2.48. The Bertz CT molecular complexity index is 521. The zero-order valence-corrected chi connectivity index (χ0v) is 11.7. The summed E-state index contributed by atoms with van der Waals surface area (Å²) in [6, 6.07) is 2.18. The molecule has 0 saturated carbocycles. The first-order valence-corrected chi connectivity index (χ1v) is 6.73. The standard InChI is InChI=1S/C14H18FN3O2/c1-3-11(18-9-5-7-12(18)19)14(20)17(2)13-10(15)6-4-8-16-13/h4,6,8,11H,3,5,7,9H2,1-2H3/t11-/m0/s1. The molecule has 0 unspecified atom stereocenters. The molecule has 1 aliphatic heterocycles. The van der Waals surface area contributed by atoms with Crippen LogP contribution in [0.2, 0.25) is 0 Å². The van der Waals surface area contributed by atoms with Crippen LogP contribution in [0.25, 0.3) is 0 Å². The van der Waals surface area contributed by atoms with Gasteiger partial charge in [-0.1, -0.05) is 6.92 Å². The molecule has 1 atom stereocenters. The number of likely N-dealkylation sites (N-methyl/N-ethyl adjacent to an activating group) is 1. The van der Waals surface area contributed by atoms with Crippen molar-refractivity contribution < 1.29 is 14.0 Å². The molecule has 1 fully saturated rings. The molecule has 0 N–H and O–H groups in total. The molecule has 1 aromatic rings. The van der Waals surface area contributed by atoms with Crippen molar-refractivity contribution in [2.24, 2.45) is 0 Å². The van der Waals surface area contributed by atoms with Crippen molar-refractivity contribution in [1.82, 2.24) is 9.88 Å². The van der Waals surface area contributed by atoms with Crippen molar-refractivity contribution in [2.75, 3.05) is 18.5 Å². The predicted octanol–water partition coefficient (Wildman–Crippen LogP) is 1.58. The second-order valence-corrected chi connectivity index (χ2v) is 4.82. The molecular formula is C14H18FN3O2. The largest absolute Gasteiger partial charge is 0.331 e. The number of pyridine rings is 1. The van der Waals surface area contributed by atoms with Crippen LogP contribution in [-0.2, 0) is 9.59 Å². The minimum Gasteiger partial charge on any atom is -0.331 e. The van der Waals surface area contributed by atoms with Crippen LogP contribution in [0.3, 0.4) is 0 Å². The third-order valence-electron chi connectivity index (χ3n) is 3.55. The number of carbonyl (C=O) groups is 2. The molecule has 0 aliphatic carbocycles. The van der Waals surface area contributed by atoms with Crippen molar-refractivity contribution in [3.8, 4) is 0 Å². The number of rotatable bonds is 4. The molecule has 0 bridgehead atoms. The Hall–Kier alpha value is -1.98. The van der Waals surface area contributed by atoms with Gasteiger partial charge in [-0.15, -0.1) is 0 Å². The predicted molar refractivity (Wildman–Crippen MR) is 72.6 cm³/mol. The molecule has 5 nitrogen and oxygen atoms in total. The van der Waals surface area contributed by atoms with Gasteiger partial charge in [0.15, 0.2) is 11.6 Å². The van der Waals surface area contributed by atoms with Gasteiger partial charge >= 0.3 is 0 Å². The molecule has 0 aromatic carbocycles. The van der Waals surface area contributed by atoms with Crippen molar-refractivity contribution in [1.29, 1.82) is 0 Å². The van der Waals surface area contributed by atoms with E-state index >= 15 is 0 Å². The SMILES string of the molecule is CC[C@@H](C(=O)N(C)c1ncccc1F)N1CCCC1=O. The van der Waals surface area contributed by atoms with Crippen LogP contribution in [0.4, 0.5) is 10.2 Å². The molecule has 1 saturated heterocycles. The van der Waals surface area contributed by atoms with Gasteiger partial charge in [-0.2, -0.15) is 0 Å². The van der Waals surface area contributed by atoms with E-state index < -0.39 is 11.9 Å². The number of carbonyl (C=O) groups excluding carboxylic acids is 2. The van der Waals surface area contributed by atoms with Crippen molar-refractivity contribution in [3.63, 3.8) is 0 Å². The third-order valence-corrected chi connectivity index (χ3v) is 3.55. The lowest BCUT2D eigenvalue weighted by Crippen LogP contribution is -2.48. The van der Waals surface area contributed by atoms with Gasteiger partial charge in [0.2, 0.25) is 5.91 Å².